The molecule has 0 aromatic rings. The van der Waals surface area contributed by atoms with Crippen molar-refractivity contribution in [1.29, 1.82) is 0 Å². The Kier molecular flexibility index (Phi) is 13.2. The Balaban J connectivity index is 0.000000749. The Hall–Kier alpha value is -1.75. The highest BCUT2D eigenvalue weighted by molar-refractivity contribution is 5.79. The number of piperidine rings is 1. The predicted octanol–water partition coefficient (Wildman–Crippen LogP) is -0.936. The molecule has 2 fully saturated rings. The highest BCUT2D eigenvalue weighted by Gasteiger charge is 2.38. The average molecular weight is 414 g/mol. The summed E-state index contributed by atoms with van der Waals surface area (Å²) < 4.78 is 5.32. The van der Waals surface area contributed by atoms with E-state index in [1.165, 1.54) is 12.8 Å². The molecule has 2 rings (SSSR count). The van der Waals surface area contributed by atoms with Gasteiger partial charge in [-0.1, -0.05) is 6.42 Å². The van der Waals surface area contributed by atoms with Crippen molar-refractivity contribution in [3.05, 3.63) is 0 Å². The molecule has 168 valence electrons. The Bertz CT molecular complexity index is 504. The fourth-order valence-corrected chi connectivity index (χ4v) is 4.03. The predicted molar refractivity (Wildman–Crippen MR) is 114 cm³/mol. The molecular formula is C19H39N7O3. The van der Waals surface area contributed by atoms with Crippen LogP contribution in [-0.2, 0) is 14.3 Å². The van der Waals surface area contributed by atoms with Gasteiger partial charge < -0.3 is 31.2 Å². The number of amidine groups is 1. The number of nitrogens with zero attached hydrogens (tertiary/aromatic N) is 1. The van der Waals surface area contributed by atoms with E-state index in [4.69, 9.17) is 16.3 Å². The van der Waals surface area contributed by atoms with Crippen LogP contribution in [0.1, 0.15) is 38.5 Å². The number of carbonyl (C=O) groups excluding carboxylic acids is 2. The van der Waals surface area contributed by atoms with E-state index in [-0.39, 0.29) is 12.0 Å². The summed E-state index contributed by atoms with van der Waals surface area (Å²) in [6, 6.07) is -0.157. The van der Waals surface area contributed by atoms with E-state index in [0.717, 1.165) is 38.5 Å². The van der Waals surface area contributed by atoms with Crippen molar-refractivity contribution >= 4 is 18.1 Å². The minimum atomic E-state index is -0.157. The van der Waals surface area contributed by atoms with Gasteiger partial charge >= 0.3 is 5.97 Å². The van der Waals surface area contributed by atoms with E-state index in [2.05, 4.69) is 26.6 Å². The van der Waals surface area contributed by atoms with Crippen molar-refractivity contribution in [3.63, 3.8) is 0 Å². The zero-order chi connectivity index (χ0) is 21.5. The lowest BCUT2D eigenvalue weighted by Crippen LogP contribution is -2.50. The van der Waals surface area contributed by atoms with Crippen LogP contribution in [0.4, 0.5) is 0 Å². The summed E-state index contributed by atoms with van der Waals surface area (Å²) in [5.74, 6) is 7.50. The summed E-state index contributed by atoms with van der Waals surface area (Å²) in [5.41, 5.74) is 8.02. The SMILES string of the molecule is CNCC=O.CNCCOC(=O)C1CC2CC(CC/C(N)=N/NN)CCC2CN1. The van der Waals surface area contributed by atoms with Gasteiger partial charge in [-0.3, -0.25) is 4.79 Å². The zero-order valence-corrected chi connectivity index (χ0v) is 17.8. The maximum absolute atomic E-state index is 12.2. The highest BCUT2D eigenvalue weighted by atomic mass is 16.5. The van der Waals surface area contributed by atoms with Crippen molar-refractivity contribution in [3.8, 4) is 0 Å². The highest BCUT2D eigenvalue weighted by Crippen LogP contribution is 2.40. The Morgan fingerprint density at radius 3 is 2.66 bits per heavy atom. The number of nitrogens with two attached hydrogens (primary N) is 2. The number of hydrazone groups is 1. The first-order valence-corrected chi connectivity index (χ1v) is 10.5. The summed E-state index contributed by atoms with van der Waals surface area (Å²) in [4.78, 5) is 21.5. The molecule has 4 atom stereocenters. The van der Waals surface area contributed by atoms with E-state index >= 15 is 0 Å². The molecule has 1 heterocycles. The molecule has 1 aliphatic carbocycles. The van der Waals surface area contributed by atoms with Gasteiger partial charge in [-0.2, -0.15) is 5.10 Å². The molecule has 29 heavy (non-hydrogen) atoms. The summed E-state index contributed by atoms with van der Waals surface area (Å²) >= 11 is 0. The van der Waals surface area contributed by atoms with Crippen molar-refractivity contribution in [1.82, 2.24) is 21.5 Å². The van der Waals surface area contributed by atoms with Gasteiger partial charge in [0.25, 0.3) is 0 Å². The molecule has 8 N–H and O–H groups in total. The lowest BCUT2D eigenvalue weighted by molar-refractivity contribution is -0.147. The van der Waals surface area contributed by atoms with Crippen LogP contribution in [-0.4, -0.2) is 64.5 Å². The molecule has 1 aliphatic heterocycles. The number of hydrogen-bond donors (Lipinski definition) is 6. The van der Waals surface area contributed by atoms with E-state index in [0.29, 0.717) is 43.3 Å². The molecule has 0 spiro atoms. The van der Waals surface area contributed by atoms with Crippen molar-refractivity contribution in [2.24, 2.45) is 34.4 Å². The molecule has 0 aromatic carbocycles. The number of aldehydes is 1. The van der Waals surface area contributed by atoms with Gasteiger partial charge in [0.15, 0.2) is 0 Å². The first kappa shape index (κ1) is 25.3. The number of likely N-dealkylation sites (N-methyl/N-ethyl adjacent to an activating group) is 2. The minimum Gasteiger partial charge on any atom is -0.463 e. The lowest BCUT2D eigenvalue weighted by Gasteiger charge is -2.42. The number of ether oxygens (including phenoxy) is 1. The van der Waals surface area contributed by atoms with Gasteiger partial charge in [-0.25, -0.2) is 11.4 Å². The largest absolute Gasteiger partial charge is 0.463 e. The van der Waals surface area contributed by atoms with Crippen LogP contribution in [0.3, 0.4) is 0 Å². The fraction of sp³-hybridized carbons (Fsp3) is 0.842. The second-order valence-electron chi connectivity index (χ2n) is 7.66. The van der Waals surface area contributed by atoms with E-state index < -0.39 is 0 Å². The third kappa shape index (κ3) is 10.0. The van der Waals surface area contributed by atoms with Gasteiger partial charge in [0.2, 0.25) is 0 Å². The number of nitrogens with one attached hydrogen (secondary N) is 4. The normalized spacial score (nSPS) is 26.5. The Morgan fingerprint density at radius 2 is 2.03 bits per heavy atom. The number of fused-ring (bicyclic) bond motifs is 1. The van der Waals surface area contributed by atoms with Crippen molar-refractivity contribution in [2.75, 3.05) is 40.3 Å². The van der Waals surface area contributed by atoms with Crippen LogP contribution < -0.4 is 33.1 Å². The van der Waals surface area contributed by atoms with Crippen molar-refractivity contribution < 1.29 is 14.3 Å². The molecule has 4 unspecified atom stereocenters. The number of hydrazine groups is 1. The zero-order valence-electron chi connectivity index (χ0n) is 17.8. The molecule has 10 heteroatoms. The monoisotopic (exact) mass is 413 g/mol. The van der Waals surface area contributed by atoms with E-state index in [1.807, 2.05) is 7.05 Å². The van der Waals surface area contributed by atoms with Gasteiger partial charge in [-0.15, -0.1) is 0 Å². The Morgan fingerprint density at radius 1 is 1.24 bits per heavy atom. The molecule has 1 saturated carbocycles. The molecular weight excluding hydrogens is 374 g/mol. The average Bonchev–Trinajstić information content (AvgIpc) is 2.73. The molecule has 2 aliphatic rings. The van der Waals surface area contributed by atoms with Crippen molar-refractivity contribution in [2.45, 2.75) is 44.6 Å². The first-order valence-electron chi connectivity index (χ1n) is 10.5. The van der Waals surface area contributed by atoms with Gasteiger partial charge in [-0.05, 0) is 64.1 Å². The number of carbonyl (C=O) groups is 2. The smallest absolute Gasteiger partial charge is 0.323 e. The molecule has 1 saturated heterocycles. The molecule has 10 nitrogen and oxygen atoms in total. The second-order valence-corrected chi connectivity index (χ2v) is 7.66. The summed E-state index contributed by atoms with van der Waals surface area (Å²) in [5, 5.41) is 12.8. The summed E-state index contributed by atoms with van der Waals surface area (Å²) in [7, 11) is 3.58. The van der Waals surface area contributed by atoms with Crippen LogP contribution in [0.2, 0.25) is 0 Å². The van der Waals surface area contributed by atoms with E-state index in [1.54, 1.807) is 7.05 Å². The van der Waals surface area contributed by atoms with Crippen LogP contribution in [0.25, 0.3) is 0 Å². The lowest BCUT2D eigenvalue weighted by atomic mass is 9.69. The number of esters is 1. The topological polar surface area (TPSA) is 156 Å². The molecule has 0 bridgehead atoms. The third-order valence-corrected chi connectivity index (χ3v) is 5.60. The number of rotatable bonds is 10. The van der Waals surface area contributed by atoms with Gasteiger partial charge in [0.1, 0.15) is 24.8 Å². The molecule has 0 radical (unpaired) electrons. The van der Waals surface area contributed by atoms with Crippen LogP contribution >= 0.6 is 0 Å². The second kappa shape index (κ2) is 15.1. The standard InChI is InChI=1S/C16H32N6O2.C3H7NO/c1-19-6-7-24-16(23)14-9-13-8-11(2-4-12(13)10-20-14)3-5-15(17)21-22-18;1-4-2-3-5/h11-14,19-20,22H,2-10,18H2,1H3,(H2,17,21);3-4H,2H2,1H3. The third-order valence-electron chi connectivity index (χ3n) is 5.60. The minimum absolute atomic E-state index is 0.115. The van der Waals surface area contributed by atoms with E-state index in [9.17, 15) is 9.59 Å². The number of hydrogen-bond acceptors (Lipinski definition) is 9. The maximum Gasteiger partial charge on any atom is 0.323 e. The van der Waals surface area contributed by atoms with Crippen LogP contribution in [0.15, 0.2) is 5.10 Å². The van der Waals surface area contributed by atoms with Crippen LogP contribution in [0.5, 0.6) is 0 Å². The Labute approximate surface area is 173 Å². The summed E-state index contributed by atoms with van der Waals surface area (Å²) in [6.45, 7) is 2.50. The van der Waals surface area contributed by atoms with Crippen LogP contribution in [0, 0.1) is 17.8 Å². The van der Waals surface area contributed by atoms with Gasteiger partial charge in [0, 0.05) is 13.0 Å². The quantitative estimate of drug-likeness (QED) is 0.0506. The van der Waals surface area contributed by atoms with Gasteiger partial charge in [0.05, 0.1) is 6.54 Å². The summed E-state index contributed by atoms with van der Waals surface area (Å²) in [6.07, 6.45) is 7.11. The molecule has 0 aromatic heterocycles. The molecule has 0 amide bonds. The maximum atomic E-state index is 12.2. The first-order chi connectivity index (χ1) is 14.0. The fourth-order valence-electron chi connectivity index (χ4n) is 4.03.